The van der Waals surface area contributed by atoms with Crippen LogP contribution in [0.1, 0.15) is 55.3 Å². The zero-order valence-electron chi connectivity index (χ0n) is 15.9. The van der Waals surface area contributed by atoms with Crippen LogP contribution >= 0.6 is 0 Å². The van der Waals surface area contributed by atoms with Crippen molar-refractivity contribution >= 4 is 23.7 Å². The van der Waals surface area contributed by atoms with E-state index >= 15 is 0 Å². The molecule has 0 saturated carbocycles. The van der Waals surface area contributed by atoms with E-state index in [1.54, 1.807) is 30.3 Å². The topological polar surface area (TPSA) is 102 Å². The van der Waals surface area contributed by atoms with Crippen molar-refractivity contribution in [2.45, 2.75) is 44.9 Å². The van der Waals surface area contributed by atoms with Gasteiger partial charge in [-0.1, -0.05) is 42.0 Å². The summed E-state index contributed by atoms with van der Waals surface area (Å²) in [6.07, 6.45) is 7.39. The smallest absolute Gasteiger partial charge is 0.321 e. The van der Waals surface area contributed by atoms with Crippen molar-refractivity contribution in [1.82, 2.24) is 10.6 Å². The monoisotopic (exact) mass is 386 g/mol. The van der Waals surface area contributed by atoms with Gasteiger partial charge in [0.05, 0.1) is 6.42 Å². The normalized spacial score (nSPS) is 13.2. The molecule has 0 atom stereocenters. The maximum atomic E-state index is 11.9. The molecular weight excluding hydrogens is 360 g/mol. The lowest BCUT2D eigenvalue weighted by Gasteiger charge is -2.13. The van der Waals surface area contributed by atoms with E-state index in [4.69, 9.17) is 4.74 Å². The molecule has 150 valence electrons. The van der Waals surface area contributed by atoms with E-state index in [0.717, 1.165) is 19.3 Å². The fraction of sp³-hybridized carbons (Fsp3) is 0.429. The molecular formula is C21H26N2O5. The van der Waals surface area contributed by atoms with E-state index in [-0.39, 0.29) is 18.6 Å². The average Bonchev–Trinajstić information content (AvgIpc) is 2.72. The van der Waals surface area contributed by atoms with E-state index in [2.05, 4.69) is 16.7 Å². The average molecular weight is 386 g/mol. The minimum atomic E-state index is -0.711. The Labute approximate surface area is 164 Å². The molecule has 0 bridgehead atoms. The van der Waals surface area contributed by atoms with Gasteiger partial charge in [-0.2, -0.15) is 0 Å². The first-order valence-electron chi connectivity index (χ1n) is 9.54. The number of Topliss-reactive ketones (excluding diaryl/α,β-unsaturated/α-hetero) is 1. The molecule has 0 unspecified atom stereocenters. The van der Waals surface area contributed by atoms with E-state index in [1.807, 2.05) is 0 Å². The van der Waals surface area contributed by atoms with Gasteiger partial charge >= 0.3 is 12.0 Å². The van der Waals surface area contributed by atoms with Crippen molar-refractivity contribution in [2.75, 3.05) is 13.2 Å². The quantitative estimate of drug-likeness (QED) is 0.386. The summed E-state index contributed by atoms with van der Waals surface area (Å²) < 4.78 is 4.80. The lowest BCUT2D eigenvalue weighted by molar-refractivity contribution is -0.148. The first-order valence-corrected chi connectivity index (χ1v) is 9.54. The maximum absolute atomic E-state index is 11.9. The fourth-order valence-corrected chi connectivity index (χ4v) is 2.88. The second-order valence-electron chi connectivity index (χ2n) is 6.61. The predicted octanol–water partition coefficient (Wildman–Crippen LogP) is 2.91. The summed E-state index contributed by atoms with van der Waals surface area (Å²) in [4.78, 5) is 46.9. The third kappa shape index (κ3) is 8.16. The molecule has 1 aliphatic rings. The van der Waals surface area contributed by atoms with Crippen LogP contribution in [-0.2, 0) is 14.3 Å². The number of ketones is 1. The summed E-state index contributed by atoms with van der Waals surface area (Å²) in [5, 5.41) is 4.72. The molecule has 0 fully saturated rings. The molecule has 0 aromatic heterocycles. The molecule has 7 nitrogen and oxygen atoms in total. The molecule has 3 amide bonds. The summed E-state index contributed by atoms with van der Waals surface area (Å²) in [6.45, 7) is -0.108. The predicted molar refractivity (Wildman–Crippen MR) is 104 cm³/mol. The van der Waals surface area contributed by atoms with Gasteiger partial charge in [0.2, 0.25) is 0 Å². The second kappa shape index (κ2) is 11.7. The van der Waals surface area contributed by atoms with Crippen molar-refractivity contribution in [3.8, 4) is 0 Å². The van der Waals surface area contributed by atoms with Crippen LogP contribution in [0, 0.1) is 0 Å². The highest BCUT2D eigenvalue weighted by atomic mass is 16.5. The lowest BCUT2D eigenvalue weighted by Crippen LogP contribution is -2.41. The van der Waals surface area contributed by atoms with Crippen LogP contribution < -0.4 is 10.6 Å². The standard InChI is InChI=1S/C21H26N2O5/c24-18(17-9-5-2-6-10-17)11-12-20(26)28-15-19(25)23-21(27)22-14-13-16-7-3-1-4-8-16/h2,5-7,9-10H,1,3-4,8,11-15H2,(H2,22,23,25,27). The number of urea groups is 1. The SMILES string of the molecule is O=C(COC(=O)CCC(=O)c1ccccc1)NC(=O)NCCC1=CCCCC1. The number of esters is 1. The number of amides is 3. The molecule has 1 aromatic rings. The maximum Gasteiger partial charge on any atom is 0.321 e. The van der Waals surface area contributed by atoms with Crippen molar-refractivity contribution in [3.63, 3.8) is 0 Å². The lowest BCUT2D eigenvalue weighted by atomic mass is 9.97. The fourth-order valence-electron chi connectivity index (χ4n) is 2.88. The number of ether oxygens (including phenoxy) is 1. The van der Waals surface area contributed by atoms with E-state index in [9.17, 15) is 19.2 Å². The summed E-state index contributed by atoms with van der Waals surface area (Å²) in [5.74, 6) is -1.55. The summed E-state index contributed by atoms with van der Waals surface area (Å²) >= 11 is 0. The van der Waals surface area contributed by atoms with Gasteiger partial charge in [0.25, 0.3) is 5.91 Å². The van der Waals surface area contributed by atoms with Crippen LogP contribution in [0.3, 0.4) is 0 Å². The van der Waals surface area contributed by atoms with Gasteiger partial charge in [-0.3, -0.25) is 19.7 Å². The number of rotatable bonds is 9. The van der Waals surface area contributed by atoms with Crippen LogP contribution in [0.5, 0.6) is 0 Å². The van der Waals surface area contributed by atoms with Crippen molar-refractivity contribution in [1.29, 1.82) is 0 Å². The number of carbonyl (C=O) groups is 4. The first kappa shape index (κ1) is 21.3. The molecule has 0 aliphatic heterocycles. The van der Waals surface area contributed by atoms with Gasteiger partial charge in [0, 0.05) is 18.5 Å². The molecule has 0 spiro atoms. The van der Waals surface area contributed by atoms with Crippen molar-refractivity contribution in [2.24, 2.45) is 0 Å². The van der Waals surface area contributed by atoms with Crippen LogP contribution in [0.4, 0.5) is 4.79 Å². The number of benzene rings is 1. The van der Waals surface area contributed by atoms with Crippen LogP contribution in [0.15, 0.2) is 42.0 Å². The molecule has 28 heavy (non-hydrogen) atoms. The molecule has 0 radical (unpaired) electrons. The van der Waals surface area contributed by atoms with Gasteiger partial charge in [0.1, 0.15) is 0 Å². The largest absolute Gasteiger partial charge is 0.456 e. The second-order valence-corrected chi connectivity index (χ2v) is 6.61. The van der Waals surface area contributed by atoms with Gasteiger partial charge in [-0.05, 0) is 32.1 Å². The Morgan fingerprint density at radius 2 is 1.79 bits per heavy atom. The number of carbonyl (C=O) groups excluding carboxylic acids is 4. The Hall–Kier alpha value is -2.96. The highest BCUT2D eigenvalue weighted by molar-refractivity contribution is 5.98. The number of nitrogens with one attached hydrogen (secondary N) is 2. The number of hydrogen-bond acceptors (Lipinski definition) is 5. The first-order chi connectivity index (χ1) is 13.5. The zero-order chi connectivity index (χ0) is 20.2. The molecule has 2 N–H and O–H groups in total. The summed E-state index contributed by atoms with van der Waals surface area (Å²) in [6, 6.07) is 8.01. The van der Waals surface area contributed by atoms with Crippen LogP contribution in [-0.4, -0.2) is 36.8 Å². The van der Waals surface area contributed by atoms with Crippen molar-refractivity contribution in [3.05, 3.63) is 47.5 Å². The number of imide groups is 1. The molecule has 0 heterocycles. The Morgan fingerprint density at radius 3 is 2.50 bits per heavy atom. The minimum absolute atomic E-state index is 0.000797. The van der Waals surface area contributed by atoms with Crippen LogP contribution in [0.25, 0.3) is 0 Å². The highest BCUT2D eigenvalue weighted by Crippen LogP contribution is 2.19. The Morgan fingerprint density at radius 1 is 1.00 bits per heavy atom. The van der Waals surface area contributed by atoms with E-state index < -0.39 is 24.5 Å². The molecule has 1 aromatic carbocycles. The Bertz CT molecular complexity index is 728. The number of hydrogen-bond donors (Lipinski definition) is 2. The zero-order valence-corrected chi connectivity index (χ0v) is 15.9. The minimum Gasteiger partial charge on any atom is -0.456 e. The van der Waals surface area contributed by atoms with E-state index in [0.29, 0.717) is 12.1 Å². The Kier molecular flexibility index (Phi) is 8.91. The molecule has 1 aliphatic carbocycles. The highest BCUT2D eigenvalue weighted by Gasteiger charge is 2.13. The molecule has 2 rings (SSSR count). The van der Waals surface area contributed by atoms with Gasteiger partial charge in [0.15, 0.2) is 12.4 Å². The number of allylic oxidation sites excluding steroid dienone is 1. The third-order valence-electron chi connectivity index (χ3n) is 4.39. The van der Waals surface area contributed by atoms with Crippen LogP contribution in [0.2, 0.25) is 0 Å². The van der Waals surface area contributed by atoms with Gasteiger partial charge < -0.3 is 10.1 Å². The molecule has 7 heteroatoms. The summed E-state index contributed by atoms with van der Waals surface area (Å²) in [7, 11) is 0. The molecule has 0 saturated heterocycles. The summed E-state index contributed by atoms with van der Waals surface area (Å²) in [5.41, 5.74) is 1.85. The third-order valence-corrected chi connectivity index (χ3v) is 4.39. The Balaban J connectivity index is 1.56. The van der Waals surface area contributed by atoms with Gasteiger partial charge in [-0.15, -0.1) is 0 Å². The van der Waals surface area contributed by atoms with E-state index in [1.165, 1.54) is 18.4 Å². The van der Waals surface area contributed by atoms with Gasteiger partial charge in [-0.25, -0.2) is 4.79 Å². The van der Waals surface area contributed by atoms with Crippen molar-refractivity contribution < 1.29 is 23.9 Å².